The lowest BCUT2D eigenvalue weighted by atomic mass is 9.47. The quantitative estimate of drug-likeness (QED) is 0.609. The third kappa shape index (κ3) is 1.96. The number of aliphatic hydroxyl groups is 1. The van der Waals surface area contributed by atoms with Gasteiger partial charge in [-0.3, -0.25) is 4.79 Å². The molecule has 3 aliphatic rings. The molecule has 0 aromatic carbocycles. The van der Waals surface area contributed by atoms with E-state index in [0.717, 1.165) is 12.6 Å². The molecular weight excluding hydrogens is 240 g/mol. The minimum absolute atomic E-state index is 0.0204. The van der Waals surface area contributed by atoms with Gasteiger partial charge in [0, 0.05) is 17.3 Å². The summed E-state index contributed by atoms with van der Waals surface area (Å²) >= 11 is 0. The minimum atomic E-state index is -0.435. The van der Waals surface area contributed by atoms with Gasteiger partial charge in [-0.1, -0.05) is 27.7 Å². The Morgan fingerprint density at radius 1 is 1.58 bits per heavy atom. The average Bonchev–Trinajstić information content (AvgIpc) is 2.35. The Labute approximate surface area is 114 Å². The summed E-state index contributed by atoms with van der Waals surface area (Å²) in [5.74, 6) is 1.50. The van der Waals surface area contributed by atoms with E-state index in [-0.39, 0.29) is 23.5 Å². The largest absolute Gasteiger partial charge is 0.505 e. The van der Waals surface area contributed by atoms with Gasteiger partial charge in [0.15, 0.2) is 10.7 Å². The lowest BCUT2D eigenvalue weighted by Crippen LogP contribution is -2.55. The molecule has 0 aliphatic heterocycles. The maximum atomic E-state index is 12.4. The van der Waals surface area contributed by atoms with E-state index in [0.29, 0.717) is 24.0 Å². The van der Waals surface area contributed by atoms with Crippen LogP contribution in [0.5, 0.6) is 0 Å². The molecule has 4 nitrogen and oxygen atoms in total. The van der Waals surface area contributed by atoms with Gasteiger partial charge >= 0.3 is 6.20 Å². The maximum absolute atomic E-state index is 12.4. The summed E-state index contributed by atoms with van der Waals surface area (Å²) in [4.78, 5) is 15.3. The van der Waals surface area contributed by atoms with Gasteiger partial charge in [-0.05, 0) is 30.6 Å². The molecule has 3 rings (SSSR count). The maximum Gasteiger partial charge on any atom is 0.387 e. The van der Waals surface area contributed by atoms with Crippen LogP contribution < -0.4 is 0 Å². The molecule has 4 heteroatoms. The molecule has 5 atom stereocenters. The lowest BCUT2D eigenvalue weighted by molar-refractivity contribution is -0.151. The second-order valence-electron chi connectivity index (χ2n) is 6.80. The van der Waals surface area contributed by atoms with Crippen molar-refractivity contribution in [3.63, 3.8) is 0 Å². The number of ketones is 1. The fourth-order valence-corrected chi connectivity index (χ4v) is 4.31. The van der Waals surface area contributed by atoms with Crippen molar-refractivity contribution in [1.29, 1.82) is 5.39 Å². The van der Waals surface area contributed by atoms with E-state index in [1.165, 1.54) is 0 Å². The highest BCUT2D eigenvalue weighted by Gasteiger charge is 2.58. The molecule has 0 aromatic heterocycles. The number of hydrogen-bond donors (Lipinski definition) is 1. The molecule has 3 aliphatic carbocycles. The zero-order valence-corrected chi connectivity index (χ0v) is 12.1. The molecule has 3 saturated carbocycles. The third-order valence-corrected chi connectivity index (χ3v) is 5.54. The van der Waals surface area contributed by atoms with Crippen molar-refractivity contribution in [2.45, 2.75) is 40.5 Å². The third-order valence-electron chi connectivity index (χ3n) is 5.54. The average molecular weight is 263 g/mol. The molecule has 0 spiro atoms. The number of Topliss-reactive ketones (excluding diaryl/α,β-unsaturated/α-hetero) is 1. The van der Waals surface area contributed by atoms with E-state index >= 15 is 0 Å². The second-order valence-corrected chi connectivity index (χ2v) is 6.80. The number of carbonyl (C=O) groups excluding carboxylic acids is 1. The zero-order chi connectivity index (χ0) is 14.4. The number of diazo groups is 1. The van der Waals surface area contributed by atoms with E-state index in [9.17, 15) is 9.90 Å². The minimum Gasteiger partial charge on any atom is -0.505 e. The molecule has 19 heavy (non-hydrogen) atoms. The van der Waals surface area contributed by atoms with Gasteiger partial charge in [-0.25, -0.2) is 0 Å². The van der Waals surface area contributed by atoms with Crippen LogP contribution in [0, 0.1) is 40.4 Å². The van der Waals surface area contributed by atoms with Crippen LogP contribution in [-0.2, 0) is 4.79 Å². The van der Waals surface area contributed by atoms with Crippen molar-refractivity contribution in [1.82, 2.24) is 0 Å². The van der Waals surface area contributed by atoms with Gasteiger partial charge in [0.1, 0.15) is 5.78 Å². The Morgan fingerprint density at radius 2 is 2.21 bits per heavy atom. The number of allylic oxidation sites excluding steroid dienone is 1. The van der Waals surface area contributed by atoms with Crippen LogP contribution in [0.25, 0.3) is 4.98 Å². The van der Waals surface area contributed by atoms with E-state index in [1.807, 2.05) is 13.8 Å². The standard InChI is InChI=1S/C15H22N2O2/c1-8(2)10-5-12-9(3)14(19)11(10)6-15(12,4)13(18)7-17-16/h7-12H,5-6H2,1-4H3/p+1/b13-7-/t9-,10+,11-,12+,15+/m1/s1. The number of carbonyl (C=O) groups is 1. The van der Waals surface area contributed by atoms with Crippen LogP contribution >= 0.6 is 0 Å². The summed E-state index contributed by atoms with van der Waals surface area (Å²) in [5.41, 5.74) is -0.435. The molecule has 0 unspecified atom stereocenters. The van der Waals surface area contributed by atoms with Gasteiger partial charge in [0.05, 0.1) is 0 Å². The smallest absolute Gasteiger partial charge is 0.387 e. The molecule has 0 amide bonds. The predicted octanol–water partition coefficient (Wildman–Crippen LogP) is 3.76. The SMILES string of the molecule is CC(C)[C@@H]1C[C@H]2[C@@H](C)C(=O)[C@@H]1C[C@]2(C)/C(O)=C/[N+]#N. The van der Waals surface area contributed by atoms with Gasteiger partial charge < -0.3 is 5.11 Å². The van der Waals surface area contributed by atoms with Crippen molar-refractivity contribution in [2.24, 2.45) is 35.0 Å². The summed E-state index contributed by atoms with van der Waals surface area (Å²) in [5, 5.41) is 18.8. The number of hydrogen-bond acceptors (Lipinski definition) is 3. The normalized spacial score (nSPS) is 42.5. The number of fused-ring (bicyclic) bond motifs is 3. The second kappa shape index (κ2) is 4.63. The zero-order valence-electron chi connectivity index (χ0n) is 12.1. The Kier molecular flexibility index (Phi) is 3.42. The van der Waals surface area contributed by atoms with Crippen LogP contribution in [0.2, 0.25) is 0 Å². The summed E-state index contributed by atoms with van der Waals surface area (Å²) in [7, 11) is 0. The summed E-state index contributed by atoms with van der Waals surface area (Å²) in [6.45, 7) is 8.29. The van der Waals surface area contributed by atoms with Crippen LogP contribution in [0.3, 0.4) is 0 Å². The first-order chi connectivity index (χ1) is 8.82. The Bertz CT molecular complexity index is 463. The Hall–Kier alpha value is -1.37. The van der Waals surface area contributed by atoms with Gasteiger partial charge in [0.25, 0.3) is 0 Å². The highest BCUT2D eigenvalue weighted by molar-refractivity contribution is 5.86. The van der Waals surface area contributed by atoms with E-state index in [4.69, 9.17) is 5.39 Å². The topological polar surface area (TPSA) is 65.4 Å². The van der Waals surface area contributed by atoms with Gasteiger partial charge in [0.2, 0.25) is 5.39 Å². The molecule has 3 fully saturated rings. The Balaban J connectivity index is 2.39. The van der Waals surface area contributed by atoms with Gasteiger partial charge in [-0.2, -0.15) is 0 Å². The van der Waals surface area contributed by atoms with E-state index in [2.05, 4.69) is 18.8 Å². The molecule has 0 heterocycles. The number of aliphatic hydroxyl groups excluding tert-OH is 1. The molecule has 0 aromatic rings. The van der Waals surface area contributed by atoms with Crippen LogP contribution in [-0.4, -0.2) is 10.9 Å². The fourth-order valence-electron chi connectivity index (χ4n) is 4.31. The van der Waals surface area contributed by atoms with Crippen molar-refractivity contribution in [2.75, 3.05) is 0 Å². The predicted molar refractivity (Wildman–Crippen MR) is 72.6 cm³/mol. The van der Waals surface area contributed by atoms with E-state index < -0.39 is 5.41 Å². The van der Waals surface area contributed by atoms with E-state index in [1.54, 1.807) is 0 Å². The van der Waals surface area contributed by atoms with Gasteiger partial charge in [-0.15, -0.1) is 0 Å². The van der Waals surface area contributed by atoms with Crippen molar-refractivity contribution in [3.8, 4) is 0 Å². The van der Waals surface area contributed by atoms with Crippen LogP contribution in [0.4, 0.5) is 0 Å². The lowest BCUT2D eigenvalue weighted by Gasteiger charge is -2.55. The first kappa shape index (κ1) is 14.0. The molecular formula is C15H23N2O2+. The highest BCUT2D eigenvalue weighted by atomic mass is 16.3. The summed E-state index contributed by atoms with van der Waals surface area (Å²) in [6, 6.07) is 0. The molecule has 1 N–H and O–H groups in total. The molecule has 2 bridgehead atoms. The Morgan fingerprint density at radius 3 is 2.74 bits per heavy atom. The first-order valence-corrected chi connectivity index (χ1v) is 7.10. The molecule has 0 saturated heterocycles. The summed E-state index contributed by atoms with van der Waals surface area (Å²) in [6.07, 6.45) is 2.75. The summed E-state index contributed by atoms with van der Waals surface area (Å²) < 4.78 is 0. The van der Waals surface area contributed by atoms with Crippen molar-refractivity contribution < 1.29 is 9.90 Å². The van der Waals surface area contributed by atoms with Crippen LogP contribution in [0.15, 0.2) is 12.0 Å². The highest BCUT2D eigenvalue weighted by Crippen LogP contribution is 2.59. The van der Waals surface area contributed by atoms with Crippen molar-refractivity contribution >= 4 is 5.78 Å². The van der Waals surface area contributed by atoms with Crippen molar-refractivity contribution in [3.05, 3.63) is 16.9 Å². The first-order valence-electron chi connectivity index (χ1n) is 7.10. The monoisotopic (exact) mass is 263 g/mol. The fraction of sp³-hybridized carbons (Fsp3) is 0.800. The molecule has 104 valence electrons. The van der Waals surface area contributed by atoms with Crippen LogP contribution in [0.1, 0.15) is 40.5 Å². The number of nitrogens with zero attached hydrogens (tertiary/aromatic N) is 2. The number of rotatable bonds is 2. The molecule has 0 radical (unpaired) electrons.